The van der Waals surface area contributed by atoms with Gasteiger partial charge in [-0.05, 0) is 30.5 Å². The Kier molecular flexibility index (Phi) is 3.13. The Labute approximate surface area is 96.3 Å². The Balaban J connectivity index is 0.00000112. The van der Waals surface area contributed by atoms with Crippen molar-refractivity contribution < 1.29 is 4.39 Å². The fourth-order valence-electron chi connectivity index (χ4n) is 1.91. The van der Waals surface area contributed by atoms with Crippen molar-refractivity contribution in [3.8, 4) is 0 Å². The fourth-order valence-corrected chi connectivity index (χ4v) is 1.91. The van der Waals surface area contributed by atoms with E-state index in [-0.39, 0.29) is 29.2 Å². The molecule has 0 aliphatic heterocycles. The van der Waals surface area contributed by atoms with Gasteiger partial charge in [0.15, 0.2) is 0 Å². The Morgan fingerprint density at radius 3 is 2.07 bits per heavy atom. The highest BCUT2D eigenvalue weighted by molar-refractivity contribution is 5.85. The van der Waals surface area contributed by atoms with Gasteiger partial charge < -0.3 is 5.73 Å². The number of halogens is 2. The lowest BCUT2D eigenvalue weighted by Crippen LogP contribution is -2.43. The van der Waals surface area contributed by atoms with Gasteiger partial charge in [0, 0.05) is 11.0 Å². The van der Waals surface area contributed by atoms with Crippen LogP contribution in [0.1, 0.15) is 32.3 Å². The molecule has 1 saturated carbocycles. The summed E-state index contributed by atoms with van der Waals surface area (Å²) < 4.78 is 12.8. The monoisotopic (exact) mass is 229 g/mol. The van der Waals surface area contributed by atoms with Crippen LogP contribution >= 0.6 is 12.4 Å². The highest BCUT2D eigenvalue weighted by Gasteiger charge is 2.51. The third-order valence-corrected chi connectivity index (χ3v) is 3.60. The van der Waals surface area contributed by atoms with E-state index in [0.29, 0.717) is 0 Å². The lowest BCUT2D eigenvalue weighted by molar-refractivity contribution is 0.391. The Morgan fingerprint density at radius 2 is 1.67 bits per heavy atom. The molecule has 1 aromatic rings. The van der Waals surface area contributed by atoms with Crippen molar-refractivity contribution in [1.82, 2.24) is 0 Å². The first-order chi connectivity index (χ1) is 6.46. The second kappa shape index (κ2) is 3.76. The molecule has 0 heterocycles. The molecule has 1 nitrogen and oxygen atoms in total. The molecule has 1 fully saturated rings. The summed E-state index contributed by atoms with van der Waals surface area (Å²) >= 11 is 0. The summed E-state index contributed by atoms with van der Waals surface area (Å²) in [6.07, 6.45) is 2.13. The lowest BCUT2D eigenvalue weighted by atomic mass is 9.76. The van der Waals surface area contributed by atoms with Crippen LogP contribution in [0.15, 0.2) is 24.3 Å². The Hall–Kier alpha value is -0.600. The van der Waals surface area contributed by atoms with Crippen LogP contribution in [-0.2, 0) is 5.41 Å². The molecule has 2 rings (SSSR count). The first-order valence-corrected chi connectivity index (χ1v) is 5.01. The molecule has 0 spiro atoms. The van der Waals surface area contributed by atoms with Crippen molar-refractivity contribution in [3.63, 3.8) is 0 Å². The summed E-state index contributed by atoms with van der Waals surface area (Å²) in [4.78, 5) is 0. The van der Waals surface area contributed by atoms with Gasteiger partial charge in [-0.3, -0.25) is 0 Å². The van der Waals surface area contributed by atoms with E-state index < -0.39 is 0 Å². The Morgan fingerprint density at radius 1 is 1.20 bits per heavy atom. The average Bonchev–Trinajstić information content (AvgIpc) is 2.86. The second-order valence-electron chi connectivity index (χ2n) is 4.79. The molecule has 0 radical (unpaired) electrons. The van der Waals surface area contributed by atoms with Crippen molar-refractivity contribution in [3.05, 3.63) is 35.6 Å². The van der Waals surface area contributed by atoms with Gasteiger partial charge in [-0.2, -0.15) is 0 Å². The van der Waals surface area contributed by atoms with Crippen LogP contribution in [0.25, 0.3) is 0 Å². The summed E-state index contributed by atoms with van der Waals surface area (Å²) in [5.74, 6) is -0.189. The molecule has 84 valence electrons. The summed E-state index contributed by atoms with van der Waals surface area (Å²) in [6.45, 7) is 4.26. The Bertz CT molecular complexity index is 341. The van der Waals surface area contributed by atoms with Gasteiger partial charge in [0.2, 0.25) is 0 Å². The number of hydrogen-bond donors (Lipinski definition) is 1. The van der Waals surface area contributed by atoms with Crippen LogP contribution in [0.5, 0.6) is 0 Å². The maximum absolute atomic E-state index is 12.8. The number of hydrogen-bond acceptors (Lipinski definition) is 1. The first kappa shape index (κ1) is 12.5. The molecule has 1 aromatic carbocycles. The van der Waals surface area contributed by atoms with E-state index in [1.54, 1.807) is 0 Å². The van der Waals surface area contributed by atoms with Crippen molar-refractivity contribution in [2.24, 2.45) is 5.73 Å². The minimum absolute atomic E-state index is 0. The van der Waals surface area contributed by atoms with E-state index in [1.165, 1.54) is 12.1 Å². The summed E-state index contributed by atoms with van der Waals surface area (Å²) in [7, 11) is 0. The number of rotatable bonds is 2. The minimum atomic E-state index is -0.189. The molecule has 0 aromatic heterocycles. The third kappa shape index (κ3) is 2.01. The molecule has 0 atom stereocenters. The maximum Gasteiger partial charge on any atom is 0.123 e. The van der Waals surface area contributed by atoms with E-state index in [4.69, 9.17) is 5.73 Å². The molecule has 1 aliphatic rings. The van der Waals surface area contributed by atoms with Crippen LogP contribution in [-0.4, -0.2) is 5.54 Å². The van der Waals surface area contributed by atoms with Crippen LogP contribution in [0.2, 0.25) is 0 Å². The normalized spacial score (nSPS) is 18.1. The molecular formula is C12H17ClFN. The van der Waals surface area contributed by atoms with Crippen LogP contribution in [0, 0.1) is 5.82 Å². The SMILES string of the molecule is CC(C)(c1ccc(F)cc1)C1(N)CC1.Cl. The molecule has 2 N–H and O–H groups in total. The van der Waals surface area contributed by atoms with E-state index in [9.17, 15) is 4.39 Å². The van der Waals surface area contributed by atoms with Gasteiger partial charge in [-0.15, -0.1) is 12.4 Å². The lowest BCUT2D eigenvalue weighted by Gasteiger charge is -2.32. The van der Waals surface area contributed by atoms with Crippen LogP contribution in [0.3, 0.4) is 0 Å². The van der Waals surface area contributed by atoms with Gasteiger partial charge in [-0.1, -0.05) is 26.0 Å². The fraction of sp³-hybridized carbons (Fsp3) is 0.500. The van der Waals surface area contributed by atoms with Crippen molar-refractivity contribution in [1.29, 1.82) is 0 Å². The largest absolute Gasteiger partial charge is 0.324 e. The topological polar surface area (TPSA) is 26.0 Å². The van der Waals surface area contributed by atoms with Crippen LogP contribution in [0.4, 0.5) is 4.39 Å². The first-order valence-electron chi connectivity index (χ1n) is 5.01. The molecule has 3 heteroatoms. The van der Waals surface area contributed by atoms with Crippen molar-refractivity contribution >= 4 is 12.4 Å². The van der Waals surface area contributed by atoms with Crippen LogP contribution < -0.4 is 5.73 Å². The van der Waals surface area contributed by atoms with Gasteiger partial charge in [0.05, 0.1) is 0 Å². The maximum atomic E-state index is 12.8. The van der Waals surface area contributed by atoms with Crippen molar-refractivity contribution in [2.75, 3.05) is 0 Å². The van der Waals surface area contributed by atoms with E-state index in [1.807, 2.05) is 12.1 Å². The van der Waals surface area contributed by atoms with E-state index in [2.05, 4.69) is 13.8 Å². The summed E-state index contributed by atoms with van der Waals surface area (Å²) in [5, 5.41) is 0. The quantitative estimate of drug-likeness (QED) is 0.829. The molecule has 0 amide bonds. The average molecular weight is 230 g/mol. The van der Waals surface area contributed by atoms with Gasteiger partial charge in [0.1, 0.15) is 5.82 Å². The third-order valence-electron chi connectivity index (χ3n) is 3.60. The zero-order valence-corrected chi connectivity index (χ0v) is 9.90. The van der Waals surface area contributed by atoms with E-state index >= 15 is 0 Å². The predicted molar refractivity (Wildman–Crippen MR) is 62.8 cm³/mol. The smallest absolute Gasteiger partial charge is 0.123 e. The van der Waals surface area contributed by atoms with Gasteiger partial charge in [-0.25, -0.2) is 4.39 Å². The highest BCUT2D eigenvalue weighted by atomic mass is 35.5. The van der Waals surface area contributed by atoms with Crippen molar-refractivity contribution in [2.45, 2.75) is 37.6 Å². The van der Waals surface area contributed by atoms with Gasteiger partial charge >= 0.3 is 0 Å². The molecular weight excluding hydrogens is 213 g/mol. The number of benzene rings is 1. The zero-order valence-electron chi connectivity index (χ0n) is 9.09. The molecule has 1 aliphatic carbocycles. The minimum Gasteiger partial charge on any atom is -0.324 e. The standard InChI is InChI=1S/C12H16FN.ClH/c1-11(2,12(14)7-8-12)9-3-5-10(13)6-4-9;/h3-6H,7-8,14H2,1-2H3;1H. The van der Waals surface area contributed by atoms with E-state index in [0.717, 1.165) is 18.4 Å². The molecule has 0 saturated heterocycles. The van der Waals surface area contributed by atoms with Gasteiger partial charge in [0.25, 0.3) is 0 Å². The summed E-state index contributed by atoms with van der Waals surface area (Å²) in [5.41, 5.74) is 7.19. The highest BCUT2D eigenvalue weighted by Crippen LogP contribution is 2.48. The molecule has 0 bridgehead atoms. The predicted octanol–water partition coefficient (Wildman–Crippen LogP) is 3.02. The second-order valence-corrected chi connectivity index (χ2v) is 4.79. The zero-order chi connectivity index (χ0) is 10.4. The molecule has 15 heavy (non-hydrogen) atoms. The molecule has 0 unspecified atom stereocenters. The summed E-state index contributed by atoms with van der Waals surface area (Å²) in [6, 6.07) is 6.68. The number of nitrogens with two attached hydrogens (primary N) is 1.